The number of hydrogen-bond acceptors (Lipinski definition) is 5. The lowest BCUT2D eigenvalue weighted by molar-refractivity contribution is -0.140. The van der Waals surface area contributed by atoms with Crippen LogP contribution < -0.4 is 5.32 Å². The maximum atomic E-state index is 12.4. The SMILES string of the molecule is O=C(O)CN1C(=O)/C(=C2\C(=O)Nc3c(Cl)cc(Cl)cc32)SC1=S. The van der Waals surface area contributed by atoms with Gasteiger partial charge in [0.05, 0.1) is 21.2 Å². The highest BCUT2D eigenvalue weighted by molar-refractivity contribution is 8.26. The Morgan fingerprint density at radius 1 is 1.35 bits per heavy atom. The molecule has 2 N–H and O–H groups in total. The number of amides is 2. The minimum Gasteiger partial charge on any atom is -0.480 e. The van der Waals surface area contributed by atoms with Gasteiger partial charge in [-0.2, -0.15) is 0 Å². The number of benzene rings is 1. The van der Waals surface area contributed by atoms with Gasteiger partial charge >= 0.3 is 5.97 Å². The van der Waals surface area contributed by atoms with E-state index in [-0.39, 0.29) is 19.8 Å². The molecule has 1 fully saturated rings. The predicted molar refractivity (Wildman–Crippen MR) is 91.5 cm³/mol. The van der Waals surface area contributed by atoms with Gasteiger partial charge in [0.2, 0.25) is 0 Å². The molecule has 2 aliphatic heterocycles. The van der Waals surface area contributed by atoms with E-state index in [2.05, 4.69) is 5.32 Å². The first-order valence-electron chi connectivity index (χ1n) is 6.10. The lowest BCUT2D eigenvalue weighted by Gasteiger charge is -2.10. The summed E-state index contributed by atoms with van der Waals surface area (Å²) in [6.07, 6.45) is 0. The van der Waals surface area contributed by atoms with E-state index in [1.54, 1.807) is 0 Å². The Balaban J connectivity index is 2.14. The Kier molecular flexibility index (Phi) is 4.09. The maximum absolute atomic E-state index is 12.4. The molecule has 0 saturated carbocycles. The number of rotatable bonds is 2. The normalized spacial score (nSPS) is 20.1. The Morgan fingerprint density at radius 3 is 2.70 bits per heavy atom. The number of nitrogens with one attached hydrogen (secondary N) is 1. The van der Waals surface area contributed by atoms with Crippen molar-refractivity contribution in [1.29, 1.82) is 0 Å². The van der Waals surface area contributed by atoms with E-state index in [0.717, 1.165) is 16.7 Å². The molecule has 118 valence electrons. The number of fused-ring (bicyclic) bond motifs is 1. The molecular formula is C13H6Cl2N2O4S2. The lowest BCUT2D eigenvalue weighted by atomic mass is 10.1. The van der Waals surface area contributed by atoms with Crippen LogP contribution in [-0.2, 0) is 14.4 Å². The average molecular weight is 389 g/mol. The molecule has 0 radical (unpaired) electrons. The number of carboxylic acid groups (broad SMARTS) is 1. The molecule has 1 aromatic rings. The fraction of sp³-hybridized carbons (Fsp3) is 0.0769. The number of halogens is 2. The van der Waals surface area contributed by atoms with Crippen LogP contribution in [0.15, 0.2) is 17.0 Å². The Labute approximate surface area is 149 Å². The van der Waals surface area contributed by atoms with Crippen molar-refractivity contribution < 1.29 is 19.5 Å². The second-order valence-electron chi connectivity index (χ2n) is 4.62. The van der Waals surface area contributed by atoms with Crippen molar-refractivity contribution in [2.24, 2.45) is 0 Å². The van der Waals surface area contributed by atoms with Crippen LogP contribution in [0.3, 0.4) is 0 Å². The average Bonchev–Trinajstić information content (AvgIpc) is 2.90. The molecule has 0 spiro atoms. The number of hydrogen-bond donors (Lipinski definition) is 2. The summed E-state index contributed by atoms with van der Waals surface area (Å²) in [5.41, 5.74) is 0.845. The molecule has 3 rings (SSSR count). The third-order valence-electron chi connectivity index (χ3n) is 3.16. The van der Waals surface area contributed by atoms with Gasteiger partial charge < -0.3 is 10.4 Å². The van der Waals surface area contributed by atoms with E-state index in [9.17, 15) is 14.4 Å². The first kappa shape index (κ1) is 16.3. The molecule has 0 aliphatic carbocycles. The second-order valence-corrected chi connectivity index (χ2v) is 7.11. The first-order valence-corrected chi connectivity index (χ1v) is 8.08. The van der Waals surface area contributed by atoms with Gasteiger partial charge in [-0.1, -0.05) is 47.2 Å². The number of nitrogens with zero attached hydrogens (tertiary/aromatic N) is 1. The van der Waals surface area contributed by atoms with Crippen molar-refractivity contribution in [1.82, 2.24) is 4.90 Å². The molecule has 0 aromatic heterocycles. The van der Waals surface area contributed by atoms with E-state index in [1.807, 2.05) is 0 Å². The Hall–Kier alpha value is -1.61. The van der Waals surface area contributed by atoms with Gasteiger partial charge in [-0.3, -0.25) is 19.3 Å². The number of thioether (sulfide) groups is 1. The molecule has 0 bridgehead atoms. The number of carboxylic acids is 1. The van der Waals surface area contributed by atoms with Crippen molar-refractivity contribution in [3.8, 4) is 0 Å². The Morgan fingerprint density at radius 2 is 2.04 bits per heavy atom. The standard InChI is InChI=1S/C13H6Cl2N2O4S2/c14-4-1-5-8(11(20)16-9(5)6(15)2-4)10-12(21)17(3-7(18)19)13(22)23-10/h1-2H,3H2,(H,16,20)(H,18,19)/b10-8+. The summed E-state index contributed by atoms with van der Waals surface area (Å²) < 4.78 is 0.0780. The molecule has 2 amide bonds. The zero-order valence-electron chi connectivity index (χ0n) is 11.1. The van der Waals surface area contributed by atoms with Gasteiger partial charge in [0, 0.05) is 10.6 Å². The minimum atomic E-state index is -1.20. The summed E-state index contributed by atoms with van der Waals surface area (Å²) in [6, 6.07) is 2.99. The number of anilines is 1. The molecule has 10 heteroatoms. The molecule has 1 aromatic carbocycles. The number of thiocarbonyl (C=S) groups is 1. The summed E-state index contributed by atoms with van der Waals surface area (Å²) in [5.74, 6) is -2.34. The molecule has 23 heavy (non-hydrogen) atoms. The topological polar surface area (TPSA) is 86.7 Å². The lowest BCUT2D eigenvalue weighted by Crippen LogP contribution is -2.33. The van der Waals surface area contributed by atoms with Crippen LogP contribution in [-0.4, -0.2) is 38.7 Å². The number of carbonyl (C=O) groups is 3. The molecule has 6 nitrogen and oxygen atoms in total. The van der Waals surface area contributed by atoms with Crippen molar-refractivity contribution >= 4 is 80.5 Å². The largest absolute Gasteiger partial charge is 0.480 e. The summed E-state index contributed by atoms with van der Waals surface area (Å²) in [6.45, 7) is -0.563. The molecular weight excluding hydrogens is 383 g/mol. The molecule has 0 atom stereocenters. The van der Waals surface area contributed by atoms with Gasteiger partial charge in [-0.25, -0.2) is 0 Å². The fourth-order valence-corrected chi connectivity index (χ4v) is 4.12. The highest BCUT2D eigenvalue weighted by Crippen LogP contribution is 2.45. The van der Waals surface area contributed by atoms with Crippen LogP contribution in [0.2, 0.25) is 10.0 Å². The fourth-order valence-electron chi connectivity index (χ4n) is 2.24. The first-order chi connectivity index (χ1) is 10.8. The quantitative estimate of drug-likeness (QED) is 0.598. The maximum Gasteiger partial charge on any atom is 0.323 e. The highest BCUT2D eigenvalue weighted by atomic mass is 35.5. The van der Waals surface area contributed by atoms with Gasteiger partial charge in [-0.05, 0) is 12.1 Å². The van der Waals surface area contributed by atoms with Gasteiger partial charge in [0.1, 0.15) is 10.9 Å². The van der Waals surface area contributed by atoms with Crippen LogP contribution in [0, 0.1) is 0 Å². The third-order valence-corrected chi connectivity index (χ3v) is 5.12. The summed E-state index contributed by atoms with van der Waals surface area (Å²) >= 11 is 17.9. The zero-order valence-corrected chi connectivity index (χ0v) is 14.2. The van der Waals surface area contributed by atoms with Crippen LogP contribution in [0.5, 0.6) is 0 Å². The van der Waals surface area contributed by atoms with Gasteiger partial charge in [0.15, 0.2) is 0 Å². The van der Waals surface area contributed by atoms with Gasteiger partial charge in [-0.15, -0.1) is 0 Å². The number of aliphatic carboxylic acids is 1. The van der Waals surface area contributed by atoms with E-state index in [4.69, 9.17) is 40.5 Å². The molecule has 2 heterocycles. The molecule has 1 saturated heterocycles. The van der Waals surface area contributed by atoms with Gasteiger partial charge in [0.25, 0.3) is 11.8 Å². The summed E-state index contributed by atoms with van der Waals surface area (Å²) in [5, 5.41) is 12.0. The highest BCUT2D eigenvalue weighted by Gasteiger charge is 2.40. The monoisotopic (exact) mass is 388 g/mol. The van der Waals surface area contributed by atoms with Crippen molar-refractivity contribution in [2.45, 2.75) is 0 Å². The van der Waals surface area contributed by atoms with Crippen LogP contribution >= 0.6 is 47.2 Å². The smallest absolute Gasteiger partial charge is 0.323 e. The van der Waals surface area contributed by atoms with E-state index >= 15 is 0 Å². The summed E-state index contributed by atoms with van der Waals surface area (Å²) in [7, 11) is 0. The minimum absolute atomic E-state index is 0.0610. The van der Waals surface area contributed by atoms with E-state index in [0.29, 0.717) is 16.3 Å². The Bertz CT molecular complexity index is 838. The molecule has 0 unspecified atom stereocenters. The van der Waals surface area contributed by atoms with Crippen LogP contribution in [0.4, 0.5) is 5.69 Å². The third kappa shape index (κ3) is 2.72. The van der Waals surface area contributed by atoms with Crippen molar-refractivity contribution in [3.05, 3.63) is 32.6 Å². The van der Waals surface area contributed by atoms with Crippen molar-refractivity contribution in [2.75, 3.05) is 11.9 Å². The van der Waals surface area contributed by atoms with Crippen LogP contribution in [0.1, 0.15) is 5.56 Å². The van der Waals surface area contributed by atoms with E-state index < -0.39 is 24.3 Å². The predicted octanol–water partition coefficient (Wildman–Crippen LogP) is 2.60. The van der Waals surface area contributed by atoms with Crippen LogP contribution in [0.25, 0.3) is 5.57 Å². The van der Waals surface area contributed by atoms with Crippen molar-refractivity contribution in [3.63, 3.8) is 0 Å². The number of carbonyl (C=O) groups excluding carboxylic acids is 2. The second kappa shape index (κ2) is 5.79. The molecule has 2 aliphatic rings. The zero-order chi connectivity index (χ0) is 16.9. The van der Waals surface area contributed by atoms with E-state index in [1.165, 1.54) is 12.1 Å². The summed E-state index contributed by atoms with van der Waals surface area (Å²) in [4.78, 5) is 36.5.